The number of ether oxygens (including phenoxy) is 1. The Balaban J connectivity index is 2.03. The van der Waals surface area contributed by atoms with Crippen LogP contribution in [0.3, 0.4) is 0 Å². The second-order valence-electron chi connectivity index (χ2n) is 3.99. The van der Waals surface area contributed by atoms with Crippen molar-refractivity contribution in [2.75, 3.05) is 0 Å². The van der Waals surface area contributed by atoms with Crippen molar-refractivity contribution >= 4 is 10.0 Å². The van der Waals surface area contributed by atoms with Crippen LogP contribution in [-0.4, -0.2) is 20.6 Å². The molecule has 1 saturated carbocycles. The van der Waals surface area contributed by atoms with Crippen molar-refractivity contribution in [2.45, 2.75) is 29.9 Å². The molecule has 0 unspecified atom stereocenters. The minimum atomic E-state index is -3.62. The van der Waals surface area contributed by atoms with Crippen LogP contribution in [0.2, 0.25) is 0 Å². The van der Waals surface area contributed by atoms with Gasteiger partial charge < -0.3 is 10.5 Å². The van der Waals surface area contributed by atoms with Gasteiger partial charge in [-0.1, -0.05) is 0 Å². The van der Waals surface area contributed by atoms with Crippen molar-refractivity contribution in [3.8, 4) is 5.75 Å². The summed E-state index contributed by atoms with van der Waals surface area (Å²) >= 11 is 0. The van der Waals surface area contributed by atoms with Crippen molar-refractivity contribution in [3.05, 3.63) is 24.3 Å². The third kappa shape index (κ3) is 2.52. The molecular weight excluding hydrogens is 228 g/mol. The van der Waals surface area contributed by atoms with E-state index in [4.69, 9.17) is 15.6 Å². The van der Waals surface area contributed by atoms with Crippen LogP contribution in [0.5, 0.6) is 5.75 Å². The Hall–Kier alpha value is -1.11. The highest BCUT2D eigenvalue weighted by Gasteiger charge is 2.27. The molecule has 0 bridgehead atoms. The summed E-state index contributed by atoms with van der Waals surface area (Å²) in [5.41, 5.74) is 5.63. The van der Waals surface area contributed by atoms with Crippen LogP contribution in [0.15, 0.2) is 29.2 Å². The first-order chi connectivity index (χ1) is 7.45. The summed E-state index contributed by atoms with van der Waals surface area (Å²) in [6.45, 7) is 0. The summed E-state index contributed by atoms with van der Waals surface area (Å²) in [5.74, 6) is 0.643. The second-order valence-corrected chi connectivity index (χ2v) is 5.55. The van der Waals surface area contributed by atoms with Gasteiger partial charge in [0.25, 0.3) is 0 Å². The average Bonchev–Trinajstić information content (AvgIpc) is 2.15. The number of hydrogen-bond acceptors (Lipinski definition) is 4. The molecule has 0 spiro atoms. The lowest BCUT2D eigenvalue weighted by molar-refractivity contribution is 0.101. The highest BCUT2D eigenvalue weighted by atomic mass is 32.2. The third-order valence-electron chi connectivity index (χ3n) is 2.59. The fourth-order valence-corrected chi connectivity index (χ4v) is 2.12. The molecule has 0 amide bonds. The topological polar surface area (TPSA) is 95.4 Å². The van der Waals surface area contributed by atoms with E-state index in [1.165, 1.54) is 12.1 Å². The SMILES string of the molecule is NC1CC(Oc2ccc(S(N)(=O)=O)cc2)C1. The predicted molar refractivity (Wildman–Crippen MR) is 59.4 cm³/mol. The first kappa shape index (κ1) is 11.4. The molecule has 88 valence electrons. The van der Waals surface area contributed by atoms with Crippen LogP contribution >= 0.6 is 0 Å². The smallest absolute Gasteiger partial charge is 0.238 e. The number of hydrogen-bond donors (Lipinski definition) is 2. The van der Waals surface area contributed by atoms with E-state index in [1.807, 2.05) is 0 Å². The molecule has 0 atom stereocenters. The molecule has 1 aliphatic rings. The van der Waals surface area contributed by atoms with Crippen LogP contribution < -0.4 is 15.6 Å². The molecule has 0 heterocycles. The zero-order chi connectivity index (χ0) is 11.8. The summed E-state index contributed by atoms with van der Waals surface area (Å²) in [4.78, 5) is 0.0881. The number of rotatable bonds is 3. The molecule has 16 heavy (non-hydrogen) atoms. The highest BCUT2D eigenvalue weighted by Crippen LogP contribution is 2.25. The lowest BCUT2D eigenvalue weighted by atomic mass is 9.90. The molecule has 1 aromatic rings. The Kier molecular flexibility index (Phi) is 2.88. The fraction of sp³-hybridized carbons (Fsp3) is 0.400. The van der Waals surface area contributed by atoms with Gasteiger partial charge in [0.1, 0.15) is 11.9 Å². The van der Waals surface area contributed by atoms with Gasteiger partial charge in [-0.3, -0.25) is 0 Å². The molecule has 5 nitrogen and oxygen atoms in total. The lowest BCUT2D eigenvalue weighted by Gasteiger charge is -2.32. The number of nitrogens with two attached hydrogens (primary N) is 2. The van der Waals surface area contributed by atoms with E-state index in [0.29, 0.717) is 5.75 Å². The molecule has 1 aromatic carbocycles. The van der Waals surface area contributed by atoms with Gasteiger partial charge >= 0.3 is 0 Å². The zero-order valence-electron chi connectivity index (χ0n) is 8.67. The zero-order valence-corrected chi connectivity index (χ0v) is 9.48. The fourth-order valence-electron chi connectivity index (χ4n) is 1.60. The van der Waals surface area contributed by atoms with E-state index in [0.717, 1.165) is 12.8 Å². The number of sulfonamides is 1. The summed E-state index contributed by atoms with van der Waals surface area (Å²) in [6, 6.07) is 6.30. The quantitative estimate of drug-likeness (QED) is 0.791. The standard InChI is InChI=1S/C10H14N2O3S/c11-7-5-9(6-7)15-8-1-3-10(4-2-8)16(12,13)14/h1-4,7,9H,5-6,11H2,(H2,12,13,14). The van der Waals surface area contributed by atoms with Crippen LogP contribution in [0.1, 0.15) is 12.8 Å². The number of benzene rings is 1. The molecule has 6 heteroatoms. The second kappa shape index (κ2) is 4.04. The maximum absolute atomic E-state index is 11.0. The Morgan fingerprint density at radius 2 is 1.75 bits per heavy atom. The molecule has 2 rings (SSSR count). The molecule has 1 aliphatic carbocycles. The Bertz CT molecular complexity index is 463. The van der Waals surface area contributed by atoms with Crippen molar-refractivity contribution in [2.24, 2.45) is 10.9 Å². The molecule has 0 aromatic heterocycles. The lowest BCUT2D eigenvalue weighted by Crippen LogP contribution is -2.43. The van der Waals surface area contributed by atoms with Crippen molar-refractivity contribution < 1.29 is 13.2 Å². The normalized spacial score (nSPS) is 24.9. The molecule has 0 aliphatic heterocycles. The minimum absolute atomic E-state index is 0.0881. The van der Waals surface area contributed by atoms with Gasteiger partial charge in [-0.25, -0.2) is 13.6 Å². The van der Waals surface area contributed by atoms with Crippen molar-refractivity contribution in [1.82, 2.24) is 0 Å². The monoisotopic (exact) mass is 242 g/mol. The van der Waals surface area contributed by atoms with Crippen LogP contribution in [0.25, 0.3) is 0 Å². The molecular formula is C10H14N2O3S. The molecule has 0 radical (unpaired) electrons. The Morgan fingerprint density at radius 1 is 1.19 bits per heavy atom. The van der Waals surface area contributed by atoms with Gasteiger partial charge in [-0.15, -0.1) is 0 Å². The van der Waals surface area contributed by atoms with Gasteiger partial charge in [-0.05, 0) is 37.1 Å². The Labute approximate surface area is 94.4 Å². The summed E-state index contributed by atoms with van der Waals surface area (Å²) < 4.78 is 27.6. The minimum Gasteiger partial charge on any atom is -0.490 e. The number of primary sulfonamides is 1. The first-order valence-corrected chi connectivity index (χ1v) is 6.55. The van der Waals surface area contributed by atoms with Crippen LogP contribution in [0.4, 0.5) is 0 Å². The summed E-state index contributed by atoms with van der Waals surface area (Å²) in [5, 5.41) is 4.98. The van der Waals surface area contributed by atoms with E-state index in [2.05, 4.69) is 0 Å². The largest absolute Gasteiger partial charge is 0.490 e. The predicted octanol–water partition coefficient (Wildman–Crippen LogP) is 0.203. The molecule has 0 saturated heterocycles. The van der Waals surface area contributed by atoms with E-state index in [-0.39, 0.29) is 17.0 Å². The Morgan fingerprint density at radius 3 is 2.19 bits per heavy atom. The average molecular weight is 242 g/mol. The van der Waals surface area contributed by atoms with Gasteiger partial charge in [0.15, 0.2) is 0 Å². The maximum Gasteiger partial charge on any atom is 0.238 e. The van der Waals surface area contributed by atoms with E-state index in [1.54, 1.807) is 12.1 Å². The van der Waals surface area contributed by atoms with E-state index >= 15 is 0 Å². The molecule has 4 N–H and O–H groups in total. The maximum atomic E-state index is 11.0. The van der Waals surface area contributed by atoms with Crippen LogP contribution in [0, 0.1) is 0 Å². The van der Waals surface area contributed by atoms with E-state index < -0.39 is 10.0 Å². The summed E-state index contributed by atoms with van der Waals surface area (Å²) in [6.07, 6.45) is 1.84. The van der Waals surface area contributed by atoms with Gasteiger partial charge in [-0.2, -0.15) is 0 Å². The van der Waals surface area contributed by atoms with Crippen molar-refractivity contribution in [1.29, 1.82) is 0 Å². The highest BCUT2D eigenvalue weighted by molar-refractivity contribution is 7.89. The van der Waals surface area contributed by atoms with Gasteiger partial charge in [0, 0.05) is 6.04 Å². The van der Waals surface area contributed by atoms with Crippen LogP contribution in [-0.2, 0) is 10.0 Å². The van der Waals surface area contributed by atoms with E-state index in [9.17, 15) is 8.42 Å². The summed E-state index contributed by atoms with van der Waals surface area (Å²) in [7, 11) is -3.62. The third-order valence-corrected chi connectivity index (χ3v) is 3.52. The van der Waals surface area contributed by atoms with Gasteiger partial charge in [0.05, 0.1) is 4.90 Å². The first-order valence-electron chi connectivity index (χ1n) is 5.00. The van der Waals surface area contributed by atoms with Gasteiger partial charge in [0.2, 0.25) is 10.0 Å². The van der Waals surface area contributed by atoms with Crippen molar-refractivity contribution in [3.63, 3.8) is 0 Å². The molecule has 1 fully saturated rings.